The number of piperazine rings is 1. The summed E-state index contributed by atoms with van der Waals surface area (Å²) in [4.78, 5) is 40.0. The number of aliphatic carboxylic acids is 1. The van der Waals surface area contributed by atoms with E-state index in [2.05, 4.69) is 10.3 Å². The molecule has 1 aliphatic rings. The molecular formula is C11H14N4O4S. The van der Waals surface area contributed by atoms with E-state index >= 15 is 0 Å². The SMILES string of the molecule is Nc1nc(CC(=O)N2CCNC(=O)C2CC(=O)O)cs1. The highest BCUT2D eigenvalue weighted by atomic mass is 32.1. The number of nitrogens with one attached hydrogen (secondary N) is 1. The van der Waals surface area contributed by atoms with Gasteiger partial charge in [-0.2, -0.15) is 0 Å². The van der Waals surface area contributed by atoms with Crippen molar-refractivity contribution in [3.63, 3.8) is 0 Å². The van der Waals surface area contributed by atoms with Crippen molar-refractivity contribution in [2.45, 2.75) is 18.9 Å². The number of carbonyl (C=O) groups excluding carboxylic acids is 2. The van der Waals surface area contributed by atoms with Gasteiger partial charge in [-0.3, -0.25) is 14.4 Å². The van der Waals surface area contributed by atoms with E-state index in [0.29, 0.717) is 23.9 Å². The van der Waals surface area contributed by atoms with E-state index in [9.17, 15) is 14.4 Å². The van der Waals surface area contributed by atoms with Gasteiger partial charge in [0.15, 0.2) is 5.13 Å². The molecule has 20 heavy (non-hydrogen) atoms. The van der Waals surface area contributed by atoms with E-state index in [-0.39, 0.29) is 12.3 Å². The molecule has 0 saturated carbocycles. The normalized spacial score (nSPS) is 18.7. The van der Waals surface area contributed by atoms with Gasteiger partial charge in [-0.1, -0.05) is 0 Å². The smallest absolute Gasteiger partial charge is 0.305 e. The van der Waals surface area contributed by atoms with Crippen LogP contribution in [0.3, 0.4) is 0 Å². The maximum absolute atomic E-state index is 12.2. The van der Waals surface area contributed by atoms with Gasteiger partial charge >= 0.3 is 5.97 Å². The van der Waals surface area contributed by atoms with Crippen LogP contribution in [-0.4, -0.2) is 51.9 Å². The van der Waals surface area contributed by atoms with Crippen LogP contribution in [0.25, 0.3) is 0 Å². The third-order valence-electron chi connectivity index (χ3n) is 2.92. The van der Waals surface area contributed by atoms with Crippen molar-refractivity contribution in [3.8, 4) is 0 Å². The number of nitrogens with two attached hydrogens (primary N) is 1. The third-order valence-corrected chi connectivity index (χ3v) is 3.64. The first-order chi connectivity index (χ1) is 9.47. The molecule has 1 aromatic rings. The number of carboxylic acid groups (broad SMARTS) is 1. The molecule has 108 valence electrons. The number of aromatic nitrogens is 1. The van der Waals surface area contributed by atoms with Crippen LogP contribution < -0.4 is 11.1 Å². The Morgan fingerprint density at radius 1 is 1.60 bits per heavy atom. The second-order valence-corrected chi connectivity index (χ2v) is 5.24. The fraction of sp³-hybridized carbons (Fsp3) is 0.455. The zero-order chi connectivity index (χ0) is 14.7. The van der Waals surface area contributed by atoms with Gasteiger partial charge in [-0.25, -0.2) is 4.98 Å². The van der Waals surface area contributed by atoms with E-state index in [0.717, 1.165) is 0 Å². The lowest BCUT2D eigenvalue weighted by atomic mass is 10.1. The molecule has 1 fully saturated rings. The number of anilines is 1. The number of carbonyl (C=O) groups is 3. The molecule has 0 radical (unpaired) electrons. The van der Waals surface area contributed by atoms with Crippen LogP contribution in [0.15, 0.2) is 5.38 Å². The Morgan fingerprint density at radius 2 is 2.35 bits per heavy atom. The Kier molecular flexibility index (Phi) is 4.18. The average molecular weight is 298 g/mol. The molecule has 2 amide bonds. The Balaban J connectivity index is 2.08. The van der Waals surface area contributed by atoms with Gasteiger partial charge in [0.1, 0.15) is 6.04 Å². The number of hydrogen-bond acceptors (Lipinski definition) is 6. The standard InChI is InChI=1S/C11H14N4O4S/c12-11-14-6(5-20-11)3-8(16)15-2-1-13-10(19)7(15)4-9(17)18/h5,7H,1-4H2,(H2,12,14)(H,13,19)(H,17,18). The average Bonchev–Trinajstić information content (AvgIpc) is 2.76. The molecule has 1 saturated heterocycles. The Hall–Kier alpha value is -2.16. The highest BCUT2D eigenvalue weighted by Crippen LogP contribution is 2.15. The van der Waals surface area contributed by atoms with Crippen molar-refractivity contribution in [2.24, 2.45) is 0 Å². The lowest BCUT2D eigenvalue weighted by Crippen LogP contribution is -2.58. The minimum atomic E-state index is -1.12. The Labute approximate surface area is 118 Å². The Bertz CT molecular complexity index is 544. The fourth-order valence-corrected chi connectivity index (χ4v) is 2.60. The van der Waals surface area contributed by atoms with Crippen LogP contribution in [0, 0.1) is 0 Å². The van der Waals surface area contributed by atoms with Crippen LogP contribution >= 0.6 is 11.3 Å². The molecule has 2 heterocycles. The maximum Gasteiger partial charge on any atom is 0.305 e. The van der Waals surface area contributed by atoms with Gasteiger partial charge in [0.25, 0.3) is 0 Å². The van der Waals surface area contributed by atoms with Crippen molar-refractivity contribution in [3.05, 3.63) is 11.1 Å². The first-order valence-corrected chi connectivity index (χ1v) is 6.84. The topological polar surface area (TPSA) is 126 Å². The molecule has 2 rings (SSSR count). The summed E-state index contributed by atoms with van der Waals surface area (Å²) in [7, 11) is 0. The summed E-state index contributed by atoms with van der Waals surface area (Å²) >= 11 is 1.23. The molecule has 0 aliphatic carbocycles. The molecular weight excluding hydrogens is 284 g/mol. The van der Waals surface area contributed by atoms with Gasteiger partial charge in [0.05, 0.1) is 18.5 Å². The van der Waals surface area contributed by atoms with E-state index in [4.69, 9.17) is 10.8 Å². The van der Waals surface area contributed by atoms with Crippen molar-refractivity contribution < 1.29 is 19.5 Å². The summed E-state index contributed by atoms with van der Waals surface area (Å²) in [6.07, 6.45) is -0.395. The van der Waals surface area contributed by atoms with Crippen molar-refractivity contribution in [1.29, 1.82) is 0 Å². The van der Waals surface area contributed by atoms with E-state index < -0.39 is 24.3 Å². The highest BCUT2D eigenvalue weighted by Gasteiger charge is 2.34. The lowest BCUT2D eigenvalue weighted by molar-refractivity contribution is -0.148. The molecule has 1 atom stereocenters. The van der Waals surface area contributed by atoms with E-state index in [1.165, 1.54) is 16.2 Å². The maximum atomic E-state index is 12.2. The number of amides is 2. The number of nitrogen functional groups attached to an aromatic ring is 1. The van der Waals surface area contributed by atoms with Crippen molar-refractivity contribution >= 4 is 34.3 Å². The van der Waals surface area contributed by atoms with Crippen LogP contribution in [0.4, 0.5) is 5.13 Å². The quantitative estimate of drug-likeness (QED) is 0.659. The second-order valence-electron chi connectivity index (χ2n) is 4.35. The van der Waals surface area contributed by atoms with Crippen LogP contribution in [-0.2, 0) is 20.8 Å². The predicted molar refractivity (Wildman–Crippen MR) is 71.0 cm³/mol. The lowest BCUT2D eigenvalue weighted by Gasteiger charge is -2.34. The van der Waals surface area contributed by atoms with E-state index in [1.54, 1.807) is 5.38 Å². The van der Waals surface area contributed by atoms with Crippen LogP contribution in [0.5, 0.6) is 0 Å². The number of carboxylic acids is 1. The minimum absolute atomic E-state index is 0.0110. The summed E-state index contributed by atoms with van der Waals surface area (Å²) in [5, 5.41) is 13.4. The molecule has 0 spiro atoms. The zero-order valence-electron chi connectivity index (χ0n) is 10.5. The molecule has 4 N–H and O–H groups in total. The molecule has 1 aliphatic heterocycles. The molecule has 0 aromatic carbocycles. The monoisotopic (exact) mass is 298 g/mol. The first-order valence-electron chi connectivity index (χ1n) is 5.96. The highest BCUT2D eigenvalue weighted by molar-refractivity contribution is 7.13. The summed E-state index contributed by atoms with van der Waals surface area (Å²) < 4.78 is 0. The zero-order valence-corrected chi connectivity index (χ0v) is 11.4. The molecule has 9 heteroatoms. The van der Waals surface area contributed by atoms with Crippen LogP contribution in [0.1, 0.15) is 12.1 Å². The second kappa shape index (κ2) is 5.87. The molecule has 1 unspecified atom stereocenters. The number of rotatable bonds is 4. The van der Waals surface area contributed by atoms with Gasteiger partial charge in [-0.05, 0) is 0 Å². The number of thiazole rings is 1. The van der Waals surface area contributed by atoms with Crippen molar-refractivity contribution in [2.75, 3.05) is 18.8 Å². The fourth-order valence-electron chi connectivity index (χ4n) is 2.04. The Morgan fingerprint density at radius 3 is 2.95 bits per heavy atom. The van der Waals surface area contributed by atoms with Gasteiger partial charge in [0, 0.05) is 18.5 Å². The van der Waals surface area contributed by atoms with Crippen LogP contribution in [0.2, 0.25) is 0 Å². The van der Waals surface area contributed by atoms with Crippen molar-refractivity contribution in [1.82, 2.24) is 15.2 Å². The number of hydrogen-bond donors (Lipinski definition) is 3. The van der Waals surface area contributed by atoms with Gasteiger partial charge < -0.3 is 21.1 Å². The summed E-state index contributed by atoms with van der Waals surface area (Å²) in [6.45, 7) is 0.613. The predicted octanol–water partition coefficient (Wildman–Crippen LogP) is -0.930. The summed E-state index contributed by atoms with van der Waals surface area (Å²) in [6, 6.07) is -0.968. The first kappa shape index (κ1) is 14.3. The third kappa shape index (κ3) is 3.23. The number of nitrogens with zero attached hydrogens (tertiary/aromatic N) is 2. The molecule has 8 nitrogen and oxygen atoms in total. The largest absolute Gasteiger partial charge is 0.481 e. The summed E-state index contributed by atoms with van der Waals surface area (Å²) in [5.74, 6) is -1.89. The molecule has 0 bridgehead atoms. The molecule has 1 aromatic heterocycles. The van der Waals surface area contributed by atoms with Gasteiger partial charge in [-0.15, -0.1) is 11.3 Å². The minimum Gasteiger partial charge on any atom is -0.481 e. The summed E-state index contributed by atoms with van der Waals surface area (Å²) in [5.41, 5.74) is 6.01. The van der Waals surface area contributed by atoms with E-state index in [1.807, 2.05) is 0 Å². The van der Waals surface area contributed by atoms with Gasteiger partial charge in [0.2, 0.25) is 11.8 Å².